The molecule has 1 saturated heterocycles. The zero-order valence-corrected chi connectivity index (χ0v) is 17.1. The lowest BCUT2D eigenvalue weighted by molar-refractivity contribution is -0.121. The van der Waals surface area contributed by atoms with Crippen molar-refractivity contribution in [2.75, 3.05) is 19.8 Å². The van der Waals surface area contributed by atoms with Crippen molar-refractivity contribution in [2.24, 2.45) is 0 Å². The summed E-state index contributed by atoms with van der Waals surface area (Å²) in [6.07, 6.45) is 1.75. The van der Waals surface area contributed by atoms with E-state index in [1.807, 2.05) is 38.1 Å². The fourth-order valence-electron chi connectivity index (χ4n) is 3.79. The number of rotatable bonds is 7. The van der Waals surface area contributed by atoms with Crippen molar-refractivity contribution in [3.05, 3.63) is 70.5 Å². The number of halogens is 1. The van der Waals surface area contributed by atoms with Crippen LogP contribution in [0.15, 0.2) is 42.5 Å². The largest absolute Gasteiger partial charge is 0.381 e. The predicted molar refractivity (Wildman–Crippen MR) is 111 cm³/mol. The molecule has 0 unspecified atom stereocenters. The molecule has 0 atom stereocenters. The van der Waals surface area contributed by atoms with E-state index in [0.29, 0.717) is 25.3 Å². The number of carbonyl (C=O) groups excluding carboxylic acids is 2. The molecule has 1 aliphatic rings. The first kappa shape index (κ1) is 21.2. The second-order valence-corrected chi connectivity index (χ2v) is 7.90. The van der Waals surface area contributed by atoms with Crippen LogP contribution in [0.1, 0.15) is 52.7 Å². The summed E-state index contributed by atoms with van der Waals surface area (Å²) in [5, 5.41) is 2.97. The Kier molecular flexibility index (Phi) is 6.80. The summed E-state index contributed by atoms with van der Waals surface area (Å²) in [4.78, 5) is 24.8. The third kappa shape index (κ3) is 5.30. The Balaban J connectivity index is 1.59. The number of hydrogen-bond acceptors (Lipinski definition) is 3. The van der Waals surface area contributed by atoms with Crippen LogP contribution in [0.5, 0.6) is 0 Å². The van der Waals surface area contributed by atoms with Gasteiger partial charge in [0.25, 0.3) is 0 Å². The maximum atomic E-state index is 13.8. The number of ether oxygens (including phenoxy) is 1. The lowest BCUT2D eigenvalue weighted by Gasteiger charge is -2.38. The van der Waals surface area contributed by atoms with Crippen LogP contribution in [0.25, 0.3) is 0 Å². The van der Waals surface area contributed by atoms with Crippen LogP contribution < -0.4 is 5.32 Å². The van der Waals surface area contributed by atoms with E-state index in [1.54, 1.807) is 12.1 Å². The van der Waals surface area contributed by atoms with Crippen molar-refractivity contribution in [1.29, 1.82) is 0 Å². The average molecular weight is 397 g/mol. The van der Waals surface area contributed by atoms with Crippen molar-refractivity contribution in [3.8, 4) is 0 Å². The number of nitrogens with one attached hydrogen (secondary N) is 1. The van der Waals surface area contributed by atoms with Gasteiger partial charge in [-0.15, -0.1) is 0 Å². The summed E-state index contributed by atoms with van der Waals surface area (Å²) in [7, 11) is 0. The number of carbonyl (C=O) groups is 2. The van der Waals surface area contributed by atoms with Gasteiger partial charge in [0.15, 0.2) is 5.78 Å². The molecule has 1 heterocycles. The Labute approximate surface area is 171 Å². The smallest absolute Gasteiger partial charge is 0.220 e. The van der Waals surface area contributed by atoms with Gasteiger partial charge in [0.05, 0.1) is 0 Å². The number of aryl methyl sites for hydroxylation is 2. The molecule has 0 spiro atoms. The third-order valence-electron chi connectivity index (χ3n) is 5.92. The molecule has 29 heavy (non-hydrogen) atoms. The van der Waals surface area contributed by atoms with E-state index >= 15 is 0 Å². The molecule has 2 aromatic carbocycles. The minimum absolute atomic E-state index is 0.0332. The third-order valence-corrected chi connectivity index (χ3v) is 5.92. The molecule has 1 N–H and O–H groups in total. The van der Waals surface area contributed by atoms with Crippen LogP contribution in [0.3, 0.4) is 0 Å². The summed E-state index contributed by atoms with van der Waals surface area (Å²) in [6, 6.07) is 12.2. The summed E-state index contributed by atoms with van der Waals surface area (Å²) in [6.45, 7) is 5.55. The Morgan fingerprint density at radius 1 is 1.03 bits per heavy atom. The first-order valence-electron chi connectivity index (χ1n) is 10.1. The van der Waals surface area contributed by atoms with Crippen LogP contribution in [0, 0.1) is 19.7 Å². The molecule has 0 aromatic heterocycles. The van der Waals surface area contributed by atoms with E-state index in [-0.39, 0.29) is 35.8 Å². The molecule has 0 aliphatic carbocycles. The van der Waals surface area contributed by atoms with Crippen LogP contribution >= 0.6 is 0 Å². The Bertz CT molecular complexity index is 887. The molecular weight excluding hydrogens is 369 g/mol. The van der Waals surface area contributed by atoms with Gasteiger partial charge >= 0.3 is 0 Å². The molecule has 5 heteroatoms. The molecule has 2 aromatic rings. The van der Waals surface area contributed by atoms with E-state index in [2.05, 4.69) is 5.32 Å². The lowest BCUT2D eigenvalue weighted by atomic mass is 9.74. The highest BCUT2D eigenvalue weighted by Gasteiger charge is 2.35. The van der Waals surface area contributed by atoms with Crippen LogP contribution in [0.4, 0.5) is 4.39 Å². The van der Waals surface area contributed by atoms with E-state index in [4.69, 9.17) is 4.74 Å². The predicted octanol–water partition coefficient (Wildman–Crippen LogP) is 4.27. The van der Waals surface area contributed by atoms with Crippen LogP contribution in [-0.4, -0.2) is 31.4 Å². The summed E-state index contributed by atoms with van der Waals surface area (Å²) < 4.78 is 19.2. The number of amides is 1. The van der Waals surface area contributed by atoms with E-state index in [9.17, 15) is 14.0 Å². The summed E-state index contributed by atoms with van der Waals surface area (Å²) in [5.41, 5.74) is 3.39. The summed E-state index contributed by atoms with van der Waals surface area (Å²) in [5.74, 6) is -0.475. The van der Waals surface area contributed by atoms with Gasteiger partial charge in [-0.1, -0.05) is 24.3 Å². The van der Waals surface area contributed by atoms with E-state index in [1.165, 1.54) is 6.07 Å². The minimum atomic E-state index is -0.339. The fraction of sp³-hybridized carbons (Fsp3) is 0.417. The van der Waals surface area contributed by atoms with Gasteiger partial charge in [-0.3, -0.25) is 9.59 Å². The maximum absolute atomic E-state index is 13.8. The van der Waals surface area contributed by atoms with Gasteiger partial charge in [0.1, 0.15) is 5.82 Å². The Morgan fingerprint density at radius 2 is 1.79 bits per heavy atom. The Morgan fingerprint density at radius 3 is 2.48 bits per heavy atom. The zero-order chi connectivity index (χ0) is 20.9. The standard InChI is InChI=1S/C24H28FNO3/c1-17-6-7-19(14-18(17)2)22(27)8-9-23(28)26-16-24(10-12-29-13-11-24)20-4-3-5-21(25)15-20/h3-7,14-15H,8-13,16H2,1-2H3,(H,26,28). The highest BCUT2D eigenvalue weighted by Crippen LogP contribution is 2.34. The lowest BCUT2D eigenvalue weighted by Crippen LogP contribution is -2.44. The van der Waals surface area contributed by atoms with Crippen molar-refractivity contribution < 1.29 is 18.7 Å². The monoisotopic (exact) mass is 397 g/mol. The van der Waals surface area contributed by atoms with Crippen molar-refractivity contribution >= 4 is 11.7 Å². The average Bonchev–Trinajstić information content (AvgIpc) is 2.73. The second kappa shape index (κ2) is 9.31. The molecular formula is C24H28FNO3. The van der Waals surface area contributed by atoms with E-state index < -0.39 is 0 Å². The first-order valence-corrected chi connectivity index (χ1v) is 10.1. The normalized spacial score (nSPS) is 15.7. The number of benzene rings is 2. The van der Waals surface area contributed by atoms with Crippen molar-refractivity contribution in [3.63, 3.8) is 0 Å². The maximum Gasteiger partial charge on any atom is 0.220 e. The number of ketones is 1. The summed E-state index contributed by atoms with van der Waals surface area (Å²) >= 11 is 0. The molecule has 1 amide bonds. The van der Waals surface area contributed by atoms with Gasteiger partial charge in [-0.2, -0.15) is 0 Å². The molecule has 3 rings (SSSR count). The van der Waals surface area contributed by atoms with Gasteiger partial charge in [0, 0.05) is 43.6 Å². The first-order chi connectivity index (χ1) is 13.9. The van der Waals surface area contributed by atoms with E-state index in [0.717, 1.165) is 29.5 Å². The SMILES string of the molecule is Cc1ccc(C(=O)CCC(=O)NCC2(c3cccc(F)c3)CCOCC2)cc1C. The van der Waals surface area contributed by atoms with Gasteiger partial charge in [-0.25, -0.2) is 4.39 Å². The quantitative estimate of drug-likeness (QED) is 0.710. The van der Waals surface area contributed by atoms with Gasteiger partial charge < -0.3 is 10.1 Å². The number of Topliss-reactive ketones (excluding diaryl/α,β-unsaturated/α-hetero) is 1. The minimum Gasteiger partial charge on any atom is -0.381 e. The van der Waals surface area contributed by atoms with Gasteiger partial charge in [-0.05, 0) is 61.6 Å². The second-order valence-electron chi connectivity index (χ2n) is 7.90. The van der Waals surface area contributed by atoms with Crippen LogP contribution in [-0.2, 0) is 14.9 Å². The molecule has 1 aliphatic heterocycles. The Hall–Kier alpha value is -2.53. The molecule has 0 saturated carbocycles. The topological polar surface area (TPSA) is 55.4 Å². The molecule has 1 fully saturated rings. The molecule has 0 bridgehead atoms. The molecule has 4 nitrogen and oxygen atoms in total. The highest BCUT2D eigenvalue weighted by molar-refractivity contribution is 5.98. The van der Waals surface area contributed by atoms with Crippen molar-refractivity contribution in [1.82, 2.24) is 5.32 Å². The molecule has 154 valence electrons. The number of hydrogen-bond donors (Lipinski definition) is 1. The fourth-order valence-corrected chi connectivity index (χ4v) is 3.79. The van der Waals surface area contributed by atoms with Gasteiger partial charge in [0.2, 0.25) is 5.91 Å². The zero-order valence-electron chi connectivity index (χ0n) is 17.1. The van der Waals surface area contributed by atoms with Crippen LogP contribution in [0.2, 0.25) is 0 Å². The molecule has 0 radical (unpaired) electrons. The highest BCUT2D eigenvalue weighted by atomic mass is 19.1. The van der Waals surface area contributed by atoms with Crippen molar-refractivity contribution in [2.45, 2.75) is 44.9 Å².